The predicted molar refractivity (Wildman–Crippen MR) is 108 cm³/mol. The summed E-state index contributed by atoms with van der Waals surface area (Å²) in [6.07, 6.45) is 0. The molecule has 0 saturated carbocycles. The fraction of sp³-hybridized carbons (Fsp3) is 0.211. The van der Waals surface area contributed by atoms with Crippen molar-refractivity contribution in [2.45, 2.75) is 25.6 Å². The Balaban J connectivity index is 1.96. The lowest BCUT2D eigenvalue weighted by molar-refractivity contribution is 0.293. The molecule has 0 fully saturated rings. The zero-order valence-corrected chi connectivity index (χ0v) is 17.1. The minimum absolute atomic E-state index is 0.175. The molecule has 0 aliphatic rings. The first kappa shape index (κ1) is 19.6. The van der Waals surface area contributed by atoms with Gasteiger partial charge in [0.1, 0.15) is 12.4 Å². The van der Waals surface area contributed by atoms with Gasteiger partial charge in [0.05, 0.1) is 22.5 Å². The van der Waals surface area contributed by atoms with Crippen LogP contribution in [0.3, 0.4) is 0 Å². The molecule has 1 aromatic heterocycles. The number of hydrogen-bond acceptors (Lipinski definition) is 5. The van der Waals surface area contributed by atoms with Crippen LogP contribution in [0.15, 0.2) is 41.6 Å². The predicted octanol–water partition coefficient (Wildman–Crippen LogP) is 5.39. The average Bonchev–Trinajstić information content (AvgIpc) is 3.04. The Morgan fingerprint density at radius 1 is 1.15 bits per heavy atom. The minimum atomic E-state index is 0.175. The number of nitrogens with zero attached hydrogens (tertiary/aromatic N) is 4. The molecule has 8 heteroatoms. The number of thioether (sulfide) groups is 1. The molecule has 0 saturated heterocycles. The van der Waals surface area contributed by atoms with Crippen molar-refractivity contribution >= 4 is 35.0 Å². The van der Waals surface area contributed by atoms with Gasteiger partial charge in [-0.25, -0.2) is 0 Å². The number of aromatic nitrogens is 3. The second kappa shape index (κ2) is 8.66. The van der Waals surface area contributed by atoms with E-state index < -0.39 is 0 Å². The van der Waals surface area contributed by atoms with Crippen LogP contribution >= 0.6 is 35.0 Å². The topological polar surface area (TPSA) is 63.7 Å². The zero-order chi connectivity index (χ0) is 19.4. The van der Waals surface area contributed by atoms with Gasteiger partial charge < -0.3 is 4.74 Å². The Kier molecular flexibility index (Phi) is 6.27. The second-order valence-corrected chi connectivity index (χ2v) is 7.62. The standard InChI is InChI=1S/C19H16Cl2N4OS/c1-12-3-4-13(2)16(9-12)25-18(23-24-19(25)27-8-7-22)11-26-17-6-5-14(20)10-15(17)21/h3-6,9-10H,8,11H2,1-2H3. The third-order valence-electron chi connectivity index (χ3n) is 3.82. The molecule has 3 aromatic rings. The minimum Gasteiger partial charge on any atom is -0.484 e. The van der Waals surface area contributed by atoms with E-state index in [1.165, 1.54) is 11.8 Å². The number of aryl methyl sites for hydroxylation is 2. The summed E-state index contributed by atoms with van der Waals surface area (Å²) in [6, 6.07) is 13.3. The Morgan fingerprint density at radius 2 is 1.96 bits per heavy atom. The lowest BCUT2D eigenvalue weighted by atomic mass is 10.1. The van der Waals surface area contributed by atoms with Crippen LogP contribution in [-0.2, 0) is 6.61 Å². The Hall–Kier alpha value is -2.20. The van der Waals surface area contributed by atoms with Crippen LogP contribution in [0.25, 0.3) is 5.69 Å². The van der Waals surface area contributed by atoms with Gasteiger partial charge in [-0.15, -0.1) is 10.2 Å². The van der Waals surface area contributed by atoms with E-state index >= 15 is 0 Å². The first-order valence-electron chi connectivity index (χ1n) is 8.09. The Bertz CT molecular complexity index is 1010. The van der Waals surface area contributed by atoms with E-state index in [1.54, 1.807) is 18.2 Å². The Morgan fingerprint density at radius 3 is 2.70 bits per heavy atom. The number of nitriles is 1. The molecule has 5 nitrogen and oxygen atoms in total. The number of rotatable bonds is 6. The second-order valence-electron chi connectivity index (χ2n) is 5.83. The molecule has 0 aliphatic heterocycles. The molecule has 27 heavy (non-hydrogen) atoms. The van der Waals surface area contributed by atoms with E-state index in [2.05, 4.69) is 28.4 Å². The van der Waals surface area contributed by atoms with Crippen molar-refractivity contribution in [2.24, 2.45) is 0 Å². The maximum absolute atomic E-state index is 8.92. The van der Waals surface area contributed by atoms with Gasteiger partial charge in [-0.1, -0.05) is 47.1 Å². The van der Waals surface area contributed by atoms with Crippen LogP contribution in [0, 0.1) is 25.2 Å². The maximum Gasteiger partial charge on any atom is 0.196 e. The van der Waals surface area contributed by atoms with Crippen LogP contribution < -0.4 is 4.74 Å². The molecule has 0 spiro atoms. The molecule has 2 aromatic carbocycles. The average molecular weight is 419 g/mol. The SMILES string of the molecule is Cc1ccc(C)c(-n2c(COc3ccc(Cl)cc3Cl)nnc2SCC#N)c1. The summed E-state index contributed by atoms with van der Waals surface area (Å²) in [5, 5.41) is 19.0. The van der Waals surface area contributed by atoms with Gasteiger partial charge >= 0.3 is 0 Å². The number of hydrogen-bond donors (Lipinski definition) is 0. The first-order chi connectivity index (χ1) is 13.0. The van der Waals surface area contributed by atoms with Gasteiger partial charge in [0.2, 0.25) is 0 Å². The molecule has 138 valence electrons. The van der Waals surface area contributed by atoms with Crippen LogP contribution in [0.4, 0.5) is 0 Å². The summed E-state index contributed by atoms with van der Waals surface area (Å²) in [4.78, 5) is 0. The van der Waals surface area contributed by atoms with Crippen molar-refractivity contribution < 1.29 is 4.74 Å². The van der Waals surface area contributed by atoms with Crippen molar-refractivity contribution in [1.82, 2.24) is 14.8 Å². The van der Waals surface area contributed by atoms with Gasteiger partial charge in [-0.2, -0.15) is 5.26 Å². The number of ether oxygens (including phenoxy) is 1. The van der Waals surface area contributed by atoms with Gasteiger partial charge in [-0.3, -0.25) is 4.57 Å². The summed E-state index contributed by atoms with van der Waals surface area (Å²) in [5.41, 5.74) is 3.15. The van der Waals surface area contributed by atoms with Gasteiger partial charge in [0.25, 0.3) is 0 Å². The number of halogens is 2. The summed E-state index contributed by atoms with van der Waals surface area (Å²) < 4.78 is 7.76. The fourth-order valence-electron chi connectivity index (χ4n) is 2.52. The molecular weight excluding hydrogens is 403 g/mol. The molecule has 1 heterocycles. The summed E-state index contributed by atoms with van der Waals surface area (Å²) in [7, 11) is 0. The quantitative estimate of drug-likeness (QED) is 0.502. The zero-order valence-electron chi connectivity index (χ0n) is 14.7. The molecule has 0 unspecified atom stereocenters. The van der Waals surface area contributed by atoms with Crippen LogP contribution in [-0.4, -0.2) is 20.5 Å². The van der Waals surface area contributed by atoms with E-state index in [1.807, 2.05) is 24.5 Å². The van der Waals surface area contributed by atoms with Crippen molar-refractivity contribution in [1.29, 1.82) is 5.26 Å². The highest BCUT2D eigenvalue weighted by atomic mass is 35.5. The third kappa shape index (κ3) is 4.56. The molecule has 0 radical (unpaired) electrons. The van der Waals surface area contributed by atoms with Gasteiger partial charge in [0.15, 0.2) is 11.0 Å². The lowest BCUT2D eigenvalue weighted by Crippen LogP contribution is -2.08. The molecule has 0 N–H and O–H groups in total. The van der Waals surface area contributed by atoms with Gasteiger partial charge in [-0.05, 0) is 49.2 Å². The van der Waals surface area contributed by atoms with Crippen LogP contribution in [0.5, 0.6) is 5.75 Å². The van der Waals surface area contributed by atoms with Crippen LogP contribution in [0.1, 0.15) is 17.0 Å². The smallest absolute Gasteiger partial charge is 0.196 e. The van der Waals surface area contributed by atoms with Crippen molar-refractivity contribution in [2.75, 3.05) is 5.75 Å². The largest absolute Gasteiger partial charge is 0.484 e. The van der Waals surface area contributed by atoms with E-state index in [0.717, 1.165) is 16.8 Å². The maximum atomic E-state index is 8.92. The highest BCUT2D eigenvalue weighted by Crippen LogP contribution is 2.29. The highest BCUT2D eigenvalue weighted by molar-refractivity contribution is 7.99. The molecule has 0 amide bonds. The first-order valence-corrected chi connectivity index (χ1v) is 9.83. The van der Waals surface area contributed by atoms with Crippen LogP contribution in [0.2, 0.25) is 10.0 Å². The van der Waals surface area contributed by atoms with Gasteiger partial charge in [0, 0.05) is 5.02 Å². The van der Waals surface area contributed by atoms with Crippen molar-refractivity contribution in [3.05, 3.63) is 63.4 Å². The summed E-state index contributed by atoms with van der Waals surface area (Å²) in [6.45, 7) is 4.22. The third-order valence-corrected chi connectivity index (χ3v) is 5.15. The fourth-order valence-corrected chi connectivity index (χ4v) is 3.61. The molecule has 3 rings (SSSR count). The molecular formula is C19H16Cl2N4OS. The van der Waals surface area contributed by atoms with Crippen molar-refractivity contribution in [3.63, 3.8) is 0 Å². The molecule has 0 atom stereocenters. The summed E-state index contributed by atoms with van der Waals surface area (Å²) >= 11 is 13.4. The number of benzene rings is 2. The highest BCUT2D eigenvalue weighted by Gasteiger charge is 2.17. The monoisotopic (exact) mass is 418 g/mol. The van der Waals surface area contributed by atoms with E-state index in [4.69, 9.17) is 33.2 Å². The van der Waals surface area contributed by atoms with Crippen molar-refractivity contribution in [3.8, 4) is 17.5 Å². The Labute approximate surface area is 171 Å². The summed E-state index contributed by atoms with van der Waals surface area (Å²) in [5.74, 6) is 1.42. The molecule has 0 bridgehead atoms. The van der Waals surface area contributed by atoms with E-state index in [0.29, 0.717) is 26.8 Å². The lowest BCUT2D eigenvalue weighted by Gasteiger charge is -2.14. The molecule has 0 aliphatic carbocycles. The van der Waals surface area contributed by atoms with E-state index in [-0.39, 0.29) is 12.4 Å². The normalized spacial score (nSPS) is 10.6. The van der Waals surface area contributed by atoms with E-state index in [9.17, 15) is 0 Å².